The minimum atomic E-state index is -0.862. The Labute approximate surface area is 114 Å². The molecule has 0 aliphatic heterocycles. The van der Waals surface area contributed by atoms with E-state index in [2.05, 4.69) is 19.1 Å². The van der Waals surface area contributed by atoms with Crippen LogP contribution in [0.25, 0.3) is 0 Å². The van der Waals surface area contributed by atoms with E-state index in [1.807, 2.05) is 12.1 Å². The maximum Gasteiger partial charge on any atom is 0.305 e. The Morgan fingerprint density at radius 1 is 1.22 bits per heavy atom. The van der Waals surface area contributed by atoms with Gasteiger partial charge in [0.1, 0.15) is 0 Å². The van der Waals surface area contributed by atoms with E-state index < -0.39 is 11.3 Å². The van der Waals surface area contributed by atoms with E-state index in [0.717, 1.165) is 12.0 Å². The van der Waals surface area contributed by atoms with Crippen molar-refractivity contribution >= 4 is 17.6 Å². The molecule has 0 aliphatic carbocycles. The number of carbonyl (C=O) groups is 1. The van der Waals surface area contributed by atoms with Crippen LogP contribution < -0.4 is 0 Å². The van der Waals surface area contributed by atoms with Crippen LogP contribution in [0.5, 0.6) is 0 Å². The second-order valence-corrected chi connectivity index (χ2v) is 5.14. The lowest BCUT2D eigenvalue weighted by molar-refractivity contribution is -0.137. The second-order valence-electron chi connectivity index (χ2n) is 4.62. The van der Waals surface area contributed by atoms with Crippen molar-refractivity contribution in [2.75, 3.05) is 0 Å². The highest BCUT2D eigenvalue weighted by molar-refractivity contribution is 6.21. The third kappa shape index (κ3) is 5.54. The number of unbranched alkanes of at least 4 members (excludes halogenated alkanes) is 3. The lowest BCUT2D eigenvalue weighted by atomic mass is 10.0. The third-order valence-corrected chi connectivity index (χ3v) is 3.42. The highest BCUT2D eigenvalue weighted by Crippen LogP contribution is 2.24. The average Bonchev–Trinajstić information content (AvgIpc) is 2.34. The fraction of sp³-hybridized carbons (Fsp3) is 0.533. The monoisotopic (exact) mass is 268 g/mol. The van der Waals surface area contributed by atoms with Crippen molar-refractivity contribution in [1.82, 2.24) is 0 Å². The molecule has 1 aromatic rings. The van der Waals surface area contributed by atoms with E-state index in [1.165, 1.54) is 31.2 Å². The van der Waals surface area contributed by atoms with Gasteiger partial charge in [-0.1, -0.05) is 50.5 Å². The van der Waals surface area contributed by atoms with Crippen LogP contribution in [0.2, 0.25) is 0 Å². The number of halogens is 1. The van der Waals surface area contributed by atoms with Crippen LogP contribution >= 0.6 is 11.6 Å². The Kier molecular flexibility index (Phi) is 6.81. The van der Waals surface area contributed by atoms with Crippen molar-refractivity contribution in [2.24, 2.45) is 0 Å². The lowest BCUT2D eigenvalue weighted by Crippen LogP contribution is -2.01. The number of rotatable bonds is 8. The summed E-state index contributed by atoms with van der Waals surface area (Å²) in [6.07, 6.45) is 6.09. The first-order chi connectivity index (χ1) is 8.63. The SMILES string of the molecule is CCCCCCc1ccc(C(Cl)CC(=O)O)cc1. The van der Waals surface area contributed by atoms with Gasteiger partial charge in [-0.2, -0.15) is 0 Å². The third-order valence-electron chi connectivity index (χ3n) is 3.01. The van der Waals surface area contributed by atoms with Gasteiger partial charge >= 0.3 is 5.97 Å². The molecule has 1 N–H and O–H groups in total. The molecule has 0 heterocycles. The summed E-state index contributed by atoms with van der Waals surface area (Å²) in [5.41, 5.74) is 2.19. The molecule has 1 unspecified atom stereocenters. The zero-order chi connectivity index (χ0) is 13.4. The van der Waals surface area contributed by atoms with Crippen molar-refractivity contribution in [3.05, 3.63) is 35.4 Å². The quantitative estimate of drug-likeness (QED) is 0.554. The molecular weight excluding hydrogens is 248 g/mol. The molecule has 18 heavy (non-hydrogen) atoms. The van der Waals surface area contributed by atoms with Crippen LogP contribution in [-0.4, -0.2) is 11.1 Å². The van der Waals surface area contributed by atoms with Gasteiger partial charge in [-0.05, 0) is 24.0 Å². The van der Waals surface area contributed by atoms with Crippen molar-refractivity contribution in [3.63, 3.8) is 0 Å². The van der Waals surface area contributed by atoms with Gasteiger partial charge < -0.3 is 5.11 Å². The molecule has 0 amide bonds. The number of alkyl halides is 1. The number of aliphatic carboxylic acids is 1. The molecule has 1 aromatic carbocycles. The highest BCUT2D eigenvalue weighted by Gasteiger charge is 2.11. The first-order valence-electron chi connectivity index (χ1n) is 6.58. The fourth-order valence-electron chi connectivity index (χ4n) is 1.92. The van der Waals surface area contributed by atoms with Gasteiger partial charge in [-0.25, -0.2) is 0 Å². The predicted octanol–water partition coefficient (Wildman–Crippen LogP) is 4.56. The molecule has 0 bridgehead atoms. The number of hydrogen-bond donors (Lipinski definition) is 1. The maximum atomic E-state index is 10.6. The average molecular weight is 269 g/mol. The molecule has 1 atom stereocenters. The van der Waals surface area contributed by atoms with Crippen LogP contribution in [-0.2, 0) is 11.2 Å². The molecule has 0 saturated heterocycles. The molecule has 0 aromatic heterocycles. The zero-order valence-corrected chi connectivity index (χ0v) is 11.6. The van der Waals surface area contributed by atoms with E-state index in [0.29, 0.717) is 0 Å². The summed E-state index contributed by atoms with van der Waals surface area (Å²) in [4.78, 5) is 10.6. The van der Waals surface area contributed by atoms with E-state index in [9.17, 15) is 4.79 Å². The Morgan fingerprint density at radius 3 is 2.44 bits per heavy atom. The molecule has 0 aliphatic rings. The number of benzene rings is 1. The molecule has 1 rings (SSSR count). The Hall–Kier alpha value is -1.02. The van der Waals surface area contributed by atoms with Gasteiger partial charge in [0, 0.05) is 0 Å². The Bertz CT molecular complexity index is 359. The van der Waals surface area contributed by atoms with Crippen molar-refractivity contribution in [2.45, 2.75) is 50.8 Å². The smallest absolute Gasteiger partial charge is 0.305 e. The number of carboxylic acid groups (broad SMARTS) is 1. The summed E-state index contributed by atoms with van der Waals surface area (Å²) in [6.45, 7) is 2.21. The summed E-state index contributed by atoms with van der Waals surface area (Å²) in [5, 5.41) is 8.25. The van der Waals surface area contributed by atoms with E-state index in [4.69, 9.17) is 16.7 Å². The Morgan fingerprint density at radius 2 is 1.89 bits per heavy atom. The van der Waals surface area contributed by atoms with Crippen LogP contribution in [0, 0.1) is 0 Å². The van der Waals surface area contributed by atoms with E-state index in [1.54, 1.807) is 0 Å². The first kappa shape index (κ1) is 15.0. The summed E-state index contributed by atoms with van der Waals surface area (Å²) in [6, 6.07) is 7.99. The first-order valence-corrected chi connectivity index (χ1v) is 7.01. The van der Waals surface area contributed by atoms with E-state index >= 15 is 0 Å². The molecule has 100 valence electrons. The normalized spacial score (nSPS) is 12.3. The van der Waals surface area contributed by atoms with Crippen LogP contribution in [0.4, 0.5) is 0 Å². The molecule has 0 spiro atoms. The minimum absolute atomic E-state index is 0.0304. The van der Waals surface area contributed by atoms with Crippen LogP contribution in [0.1, 0.15) is 55.5 Å². The molecule has 0 saturated carbocycles. The topological polar surface area (TPSA) is 37.3 Å². The summed E-state index contributed by atoms with van der Waals surface area (Å²) in [5.74, 6) is -0.862. The maximum absolute atomic E-state index is 10.6. The van der Waals surface area contributed by atoms with Gasteiger partial charge in [0.25, 0.3) is 0 Å². The highest BCUT2D eigenvalue weighted by atomic mass is 35.5. The summed E-state index contributed by atoms with van der Waals surface area (Å²) >= 11 is 6.02. The zero-order valence-electron chi connectivity index (χ0n) is 10.9. The molecule has 0 radical (unpaired) electrons. The summed E-state index contributed by atoms with van der Waals surface area (Å²) < 4.78 is 0. The number of hydrogen-bond acceptors (Lipinski definition) is 1. The molecular formula is C15H21ClO2. The van der Waals surface area contributed by atoms with Gasteiger partial charge in [0.2, 0.25) is 0 Å². The van der Waals surface area contributed by atoms with Crippen molar-refractivity contribution < 1.29 is 9.90 Å². The van der Waals surface area contributed by atoms with Gasteiger partial charge in [-0.3, -0.25) is 4.79 Å². The van der Waals surface area contributed by atoms with Gasteiger partial charge in [0.15, 0.2) is 0 Å². The van der Waals surface area contributed by atoms with Gasteiger partial charge in [-0.15, -0.1) is 11.6 Å². The number of aryl methyl sites for hydroxylation is 1. The fourth-order valence-corrected chi connectivity index (χ4v) is 2.20. The van der Waals surface area contributed by atoms with E-state index in [-0.39, 0.29) is 6.42 Å². The second kappa shape index (κ2) is 8.15. The molecule has 3 heteroatoms. The van der Waals surface area contributed by atoms with Crippen LogP contribution in [0.3, 0.4) is 0 Å². The predicted molar refractivity (Wildman–Crippen MR) is 75.1 cm³/mol. The Balaban J connectivity index is 2.44. The summed E-state index contributed by atoms with van der Waals surface area (Å²) in [7, 11) is 0. The minimum Gasteiger partial charge on any atom is -0.481 e. The standard InChI is InChI=1S/C15H21ClO2/c1-2-3-4-5-6-12-7-9-13(10-8-12)14(16)11-15(17)18/h7-10,14H,2-6,11H2,1H3,(H,17,18). The number of carboxylic acids is 1. The van der Waals surface area contributed by atoms with Crippen molar-refractivity contribution in [3.8, 4) is 0 Å². The molecule has 0 fully saturated rings. The van der Waals surface area contributed by atoms with Crippen LogP contribution in [0.15, 0.2) is 24.3 Å². The largest absolute Gasteiger partial charge is 0.481 e. The lowest BCUT2D eigenvalue weighted by Gasteiger charge is -2.08. The van der Waals surface area contributed by atoms with Gasteiger partial charge in [0.05, 0.1) is 11.8 Å². The molecule has 2 nitrogen and oxygen atoms in total. The van der Waals surface area contributed by atoms with Crippen molar-refractivity contribution in [1.29, 1.82) is 0 Å².